The maximum atomic E-state index is 13.0. The molecule has 0 saturated carbocycles. The van der Waals surface area contributed by atoms with Crippen LogP contribution in [-0.2, 0) is 25.6 Å². The zero-order chi connectivity index (χ0) is 19.9. The van der Waals surface area contributed by atoms with Crippen LogP contribution in [0, 0.1) is 5.92 Å². The predicted molar refractivity (Wildman–Crippen MR) is 99.3 cm³/mol. The van der Waals surface area contributed by atoms with Crippen molar-refractivity contribution < 1.29 is 23.9 Å². The largest absolute Gasteiger partial charge is 0.460 e. The van der Waals surface area contributed by atoms with Gasteiger partial charge in [-0.2, -0.15) is 0 Å². The zero-order valence-electron chi connectivity index (χ0n) is 16.4. The van der Waals surface area contributed by atoms with Crippen molar-refractivity contribution in [3.05, 3.63) is 29.3 Å². The minimum absolute atomic E-state index is 0.0498. The van der Waals surface area contributed by atoms with Gasteiger partial charge in [-0.3, -0.25) is 14.4 Å². The Balaban J connectivity index is 1.80. The van der Waals surface area contributed by atoms with Crippen molar-refractivity contribution >= 4 is 23.5 Å². The van der Waals surface area contributed by atoms with E-state index in [1.807, 2.05) is 12.1 Å². The fourth-order valence-electron chi connectivity index (χ4n) is 3.34. The van der Waals surface area contributed by atoms with Crippen LogP contribution in [0.15, 0.2) is 18.2 Å². The molecular formula is C20H26N2O5. The van der Waals surface area contributed by atoms with Crippen molar-refractivity contribution in [3.63, 3.8) is 0 Å². The number of nitrogens with zero attached hydrogens (tertiary/aromatic N) is 2. The van der Waals surface area contributed by atoms with E-state index < -0.39 is 23.6 Å². The number of amides is 2. The van der Waals surface area contributed by atoms with Crippen LogP contribution in [0.2, 0.25) is 0 Å². The third-order valence-corrected chi connectivity index (χ3v) is 4.74. The molecule has 0 N–H and O–H groups in total. The number of ether oxygens (including phenoxy) is 2. The molecule has 7 heteroatoms. The molecular weight excluding hydrogens is 348 g/mol. The van der Waals surface area contributed by atoms with Crippen LogP contribution in [0.4, 0.5) is 5.69 Å². The van der Waals surface area contributed by atoms with Gasteiger partial charge >= 0.3 is 5.97 Å². The van der Waals surface area contributed by atoms with Gasteiger partial charge in [0, 0.05) is 31.4 Å². The third-order valence-electron chi connectivity index (χ3n) is 4.74. The summed E-state index contributed by atoms with van der Waals surface area (Å²) < 4.78 is 11.0. The number of esters is 1. The van der Waals surface area contributed by atoms with Crippen LogP contribution in [0.3, 0.4) is 0 Å². The molecule has 146 valence electrons. The number of benzene rings is 1. The number of carbonyl (C=O) groups is 3. The van der Waals surface area contributed by atoms with Crippen molar-refractivity contribution in [2.45, 2.75) is 45.9 Å². The van der Waals surface area contributed by atoms with Crippen LogP contribution < -0.4 is 4.90 Å². The van der Waals surface area contributed by atoms with Crippen molar-refractivity contribution in [1.29, 1.82) is 0 Å². The van der Waals surface area contributed by atoms with Gasteiger partial charge in [-0.1, -0.05) is 6.07 Å². The lowest BCUT2D eigenvalue weighted by Gasteiger charge is -2.35. The summed E-state index contributed by atoms with van der Waals surface area (Å²) >= 11 is 0. The van der Waals surface area contributed by atoms with Crippen molar-refractivity contribution in [2.75, 3.05) is 25.1 Å². The maximum Gasteiger partial charge on any atom is 0.312 e. The molecule has 0 radical (unpaired) electrons. The quantitative estimate of drug-likeness (QED) is 0.756. The minimum Gasteiger partial charge on any atom is -0.460 e. The van der Waals surface area contributed by atoms with Gasteiger partial charge in [0.25, 0.3) is 11.8 Å². The Bertz CT molecular complexity index is 783. The lowest BCUT2D eigenvalue weighted by molar-refractivity contribution is -0.168. The Morgan fingerprint density at radius 1 is 1.30 bits per heavy atom. The number of hydrogen-bond donors (Lipinski definition) is 0. The van der Waals surface area contributed by atoms with E-state index in [0.717, 1.165) is 5.56 Å². The van der Waals surface area contributed by atoms with Crippen LogP contribution in [0.25, 0.3) is 0 Å². The fourth-order valence-corrected chi connectivity index (χ4v) is 3.34. The van der Waals surface area contributed by atoms with Gasteiger partial charge in [0.05, 0.1) is 12.5 Å². The molecule has 2 unspecified atom stereocenters. The molecule has 1 aromatic rings. The first kappa shape index (κ1) is 19.4. The van der Waals surface area contributed by atoms with E-state index in [9.17, 15) is 14.4 Å². The van der Waals surface area contributed by atoms with Crippen LogP contribution in [0.5, 0.6) is 0 Å². The smallest absolute Gasteiger partial charge is 0.312 e. The van der Waals surface area contributed by atoms with E-state index in [0.29, 0.717) is 30.9 Å². The van der Waals surface area contributed by atoms with E-state index in [4.69, 9.17) is 9.47 Å². The van der Waals surface area contributed by atoms with Crippen molar-refractivity contribution in [2.24, 2.45) is 5.92 Å². The molecule has 27 heavy (non-hydrogen) atoms. The number of rotatable bonds is 3. The van der Waals surface area contributed by atoms with E-state index in [-0.39, 0.29) is 11.8 Å². The summed E-state index contributed by atoms with van der Waals surface area (Å²) in [5.41, 5.74) is 1.58. The molecule has 0 bridgehead atoms. The lowest BCUT2D eigenvalue weighted by Crippen LogP contribution is -2.52. The lowest BCUT2D eigenvalue weighted by atomic mass is 10.0. The van der Waals surface area contributed by atoms with Crippen molar-refractivity contribution in [3.8, 4) is 0 Å². The standard InChI is InChI=1S/C20H26N2O5/c1-12(19(25)27-20(2,3)4)16-18(24)22(8-9-26-16)14-7-6-13-11-21(5)17(23)15(13)10-14/h6-7,10,12,16H,8-9,11H2,1-5H3. The highest BCUT2D eigenvalue weighted by Crippen LogP contribution is 2.29. The topological polar surface area (TPSA) is 76.2 Å². The summed E-state index contributed by atoms with van der Waals surface area (Å²) in [5.74, 6) is -1.53. The first-order valence-corrected chi connectivity index (χ1v) is 9.13. The summed E-state index contributed by atoms with van der Waals surface area (Å²) in [7, 11) is 1.75. The number of hydrogen-bond acceptors (Lipinski definition) is 5. The maximum absolute atomic E-state index is 13.0. The van der Waals surface area contributed by atoms with E-state index in [1.54, 1.807) is 50.6 Å². The molecule has 2 aliphatic heterocycles. The molecule has 1 saturated heterocycles. The number of morpholine rings is 1. The highest BCUT2D eigenvalue weighted by molar-refractivity contribution is 6.03. The predicted octanol–water partition coefficient (Wildman–Crippen LogP) is 1.98. The van der Waals surface area contributed by atoms with Crippen LogP contribution in [-0.4, -0.2) is 54.6 Å². The van der Waals surface area contributed by atoms with Crippen LogP contribution >= 0.6 is 0 Å². The molecule has 2 heterocycles. The first-order chi connectivity index (χ1) is 12.6. The van der Waals surface area contributed by atoms with Gasteiger partial charge in [0.2, 0.25) is 0 Å². The molecule has 3 rings (SSSR count). The second kappa shape index (κ2) is 6.96. The fraction of sp³-hybridized carbons (Fsp3) is 0.550. The molecule has 0 aromatic heterocycles. The Kier molecular flexibility index (Phi) is 4.99. The minimum atomic E-state index is -0.903. The highest BCUT2D eigenvalue weighted by Gasteiger charge is 2.40. The van der Waals surface area contributed by atoms with Gasteiger partial charge in [0.15, 0.2) is 0 Å². The third kappa shape index (κ3) is 3.83. The Hall–Kier alpha value is -2.41. The van der Waals surface area contributed by atoms with E-state index in [1.165, 1.54) is 0 Å². The Labute approximate surface area is 159 Å². The molecule has 7 nitrogen and oxygen atoms in total. The zero-order valence-corrected chi connectivity index (χ0v) is 16.4. The second-order valence-electron chi connectivity index (χ2n) is 8.11. The summed E-state index contributed by atoms with van der Waals surface area (Å²) in [4.78, 5) is 40.8. The molecule has 0 spiro atoms. The van der Waals surface area contributed by atoms with Gasteiger partial charge in [-0.25, -0.2) is 0 Å². The number of fused-ring (bicyclic) bond motifs is 1. The molecule has 2 amide bonds. The average molecular weight is 374 g/mol. The van der Waals surface area contributed by atoms with Gasteiger partial charge < -0.3 is 19.3 Å². The summed E-state index contributed by atoms with van der Waals surface area (Å²) in [6.45, 7) is 8.25. The number of carbonyl (C=O) groups excluding carboxylic acids is 3. The van der Waals surface area contributed by atoms with Gasteiger partial charge in [0.1, 0.15) is 11.7 Å². The normalized spacial score (nSPS) is 21.3. The van der Waals surface area contributed by atoms with Gasteiger partial charge in [-0.15, -0.1) is 0 Å². The molecule has 2 aliphatic rings. The van der Waals surface area contributed by atoms with Crippen molar-refractivity contribution in [1.82, 2.24) is 4.90 Å². The van der Waals surface area contributed by atoms with E-state index >= 15 is 0 Å². The monoisotopic (exact) mass is 374 g/mol. The molecule has 0 aliphatic carbocycles. The number of anilines is 1. The molecule has 1 aromatic carbocycles. The second-order valence-corrected chi connectivity index (χ2v) is 8.11. The summed E-state index contributed by atoms with van der Waals surface area (Å²) in [6.07, 6.45) is -0.903. The first-order valence-electron chi connectivity index (χ1n) is 9.13. The Morgan fingerprint density at radius 2 is 2.00 bits per heavy atom. The SMILES string of the molecule is CC(C(=O)OC(C)(C)C)C1OCCN(c2ccc3c(c2)C(=O)N(C)C3)C1=O. The average Bonchev–Trinajstić information content (AvgIpc) is 2.87. The molecule has 1 fully saturated rings. The Morgan fingerprint density at radius 3 is 2.67 bits per heavy atom. The van der Waals surface area contributed by atoms with E-state index in [2.05, 4.69) is 0 Å². The molecule has 2 atom stereocenters. The highest BCUT2D eigenvalue weighted by atomic mass is 16.6. The summed E-state index contributed by atoms with van der Waals surface area (Å²) in [5, 5.41) is 0. The summed E-state index contributed by atoms with van der Waals surface area (Å²) in [6, 6.07) is 5.46. The van der Waals surface area contributed by atoms with Crippen LogP contribution in [0.1, 0.15) is 43.6 Å². The van der Waals surface area contributed by atoms with Gasteiger partial charge in [-0.05, 0) is 45.4 Å².